The molecule has 0 atom stereocenters. The molecule has 1 amide bonds. The smallest absolute Gasteiger partial charge is 0.335 e. The summed E-state index contributed by atoms with van der Waals surface area (Å²) in [5, 5.41) is 15.4. The molecular formula is C15H15F2N3O3. The average molecular weight is 323 g/mol. The zero-order valence-corrected chi connectivity index (χ0v) is 12.5. The first-order chi connectivity index (χ1) is 10.8. The van der Waals surface area contributed by atoms with Gasteiger partial charge in [0.1, 0.15) is 6.54 Å². The minimum absolute atomic E-state index is 0.0321. The van der Waals surface area contributed by atoms with Crippen LogP contribution < -0.4 is 5.32 Å². The van der Waals surface area contributed by atoms with E-state index >= 15 is 0 Å². The van der Waals surface area contributed by atoms with Crippen molar-refractivity contribution < 1.29 is 23.5 Å². The number of carbonyl (C=O) groups excluding carboxylic acids is 1. The van der Waals surface area contributed by atoms with E-state index in [1.165, 1.54) is 25.1 Å². The highest BCUT2D eigenvalue weighted by Gasteiger charge is 2.20. The lowest BCUT2D eigenvalue weighted by Crippen LogP contribution is -2.15. The summed E-state index contributed by atoms with van der Waals surface area (Å²) in [5.74, 6) is -1.64. The molecule has 2 aromatic rings. The Morgan fingerprint density at radius 2 is 2.04 bits per heavy atom. The molecule has 0 saturated heterocycles. The van der Waals surface area contributed by atoms with Crippen molar-refractivity contribution in [2.24, 2.45) is 0 Å². The van der Waals surface area contributed by atoms with E-state index in [0.717, 1.165) is 4.68 Å². The molecule has 0 bridgehead atoms. The fourth-order valence-electron chi connectivity index (χ4n) is 2.26. The van der Waals surface area contributed by atoms with Crippen LogP contribution in [0.5, 0.6) is 0 Å². The van der Waals surface area contributed by atoms with Crippen LogP contribution in [0.1, 0.15) is 32.1 Å². The van der Waals surface area contributed by atoms with E-state index in [-0.39, 0.29) is 11.1 Å². The Labute approximate surface area is 130 Å². The van der Waals surface area contributed by atoms with Crippen LogP contribution in [0.2, 0.25) is 0 Å². The van der Waals surface area contributed by atoms with Crippen molar-refractivity contribution >= 4 is 17.6 Å². The summed E-state index contributed by atoms with van der Waals surface area (Å²) in [6, 6.07) is 5.75. The maximum atomic E-state index is 12.5. The Morgan fingerprint density at radius 3 is 2.65 bits per heavy atom. The molecule has 6 nitrogen and oxygen atoms in total. The second-order valence-electron chi connectivity index (χ2n) is 4.96. The van der Waals surface area contributed by atoms with Crippen LogP contribution in [0, 0.1) is 13.8 Å². The molecule has 0 radical (unpaired) electrons. The number of aromatic nitrogens is 2. The molecule has 1 aromatic carbocycles. The van der Waals surface area contributed by atoms with E-state index in [1.807, 2.05) is 0 Å². The molecule has 0 fully saturated rings. The zero-order valence-electron chi connectivity index (χ0n) is 12.5. The van der Waals surface area contributed by atoms with E-state index in [0.29, 0.717) is 17.1 Å². The van der Waals surface area contributed by atoms with Gasteiger partial charge in [0, 0.05) is 11.4 Å². The van der Waals surface area contributed by atoms with Crippen LogP contribution in [-0.2, 0) is 6.54 Å². The highest BCUT2D eigenvalue weighted by molar-refractivity contribution is 6.06. The van der Waals surface area contributed by atoms with E-state index in [1.54, 1.807) is 13.0 Å². The molecule has 0 unspecified atom stereocenters. The first-order valence-corrected chi connectivity index (χ1v) is 6.76. The number of nitrogens with one attached hydrogen (secondary N) is 1. The number of rotatable bonds is 5. The van der Waals surface area contributed by atoms with Gasteiger partial charge >= 0.3 is 5.97 Å². The number of aryl methyl sites for hydroxylation is 1. The standard InChI is InChI=1S/C15H15F2N3O3/c1-8-13(9(2)20(19-8)7-12(16)17)14(21)18-11-5-3-4-10(6-11)15(22)23/h3-6,12H,7H2,1-2H3,(H,18,21)(H,22,23). The van der Waals surface area contributed by atoms with Gasteiger partial charge in [-0.2, -0.15) is 5.10 Å². The maximum Gasteiger partial charge on any atom is 0.335 e. The summed E-state index contributed by atoms with van der Waals surface area (Å²) < 4.78 is 26.1. The van der Waals surface area contributed by atoms with Crippen LogP contribution in [0.3, 0.4) is 0 Å². The van der Waals surface area contributed by atoms with Crippen LogP contribution in [0.25, 0.3) is 0 Å². The summed E-state index contributed by atoms with van der Waals surface area (Å²) in [6.45, 7) is 2.50. The predicted octanol–water partition coefficient (Wildman–Crippen LogP) is 2.72. The summed E-state index contributed by atoms with van der Waals surface area (Å²) in [7, 11) is 0. The molecule has 1 aromatic heterocycles. The molecule has 2 rings (SSSR count). The largest absolute Gasteiger partial charge is 0.478 e. The third-order valence-electron chi connectivity index (χ3n) is 3.29. The van der Waals surface area contributed by atoms with Gasteiger partial charge in [0.15, 0.2) is 0 Å². The van der Waals surface area contributed by atoms with Crippen LogP contribution in [0.4, 0.5) is 14.5 Å². The number of carbonyl (C=O) groups is 2. The summed E-state index contributed by atoms with van der Waals surface area (Å²) >= 11 is 0. The molecule has 0 spiro atoms. The number of carboxylic acids is 1. The molecule has 2 N–H and O–H groups in total. The number of hydrogen-bond acceptors (Lipinski definition) is 3. The second kappa shape index (κ2) is 6.55. The number of amides is 1. The molecule has 8 heteroatoms. The van der Waals surface area contributed by atoms with Gasteiger partial charge in [-0.15, -0.1) is 0 Å². The Morgan fingerprint density at radius 1 is 1.35 bits per heavy atom. The van der Waals surface area contributed by atoms with Gasteiger partial charge < -0.3 is 10.4 Å². The van der Waals surface area contributed by atoms with Crippen LogP contribution >= 0.6 is 0 Å². The van der Waals surface area contributed by atoms with Gasteiger partial charge in [0.2, 0.25) is 0 Å². The van der Waals surface area contributed by atoms with Gasteiger partial charge in [-0.3, -0.25) is 9.48 Å². The lowest BCUT2D eigenvalue weighted by molar-refractivity contribution is 0.0696. The summed E-state index contributed by atoms with van der Waals surface area (Å²) in [5.41, 5.74) is 1.19. The van der Waals surface area contributed by atoms with Gasteiger partial charge in [-0.05, 0) is 32.0 Å². The lowest BCUT2D eigenvalue weighted by atomic mass is 10.1. The van der Waals surface area contributed by atoms with Crippen molar-refractivity contribution in [2.75, 3.05) is 5.32 Å². The quantitative estimate of drug-likeness (QED) is 0.886. The van der Waals surface area contributed by atoms with Crippen molar-refractivity contribution in [3.8, 4) is 0 Å². The Balaban J connectivity index is 2.26. The van der Waals surface area contributed by atoms with E-state index < -0.39 is 24.8 Å². The number of alkyl halides is 2. The Hall–Kier alpha value is -2.77. The van der Waals surface area contributed by atoms with Crippen molar-refractivity contribution in [2.45, 2.75) is 26.8 Å². The first kappa shape index (κ1) is 16.6. The average Bonchev–Trinajstić information content (AvgIpc) is 2.72. The third-order valence-corrected chi connectivity index (χ3v) is 3.29. The van der Waals surface area contributed by atoms with Crippen LogP contribution in [-0.4, -0.2) is 33.2 Å². The minimum atomic E-state index is -2.57. The minimum Gasteiger partial charge on any atom is -0.478 e. The molecule has 23 heavy (non-hydrogen) atoms. The van der Waals surface area contributed by atoms with Gasteiger partial charge in [-0.1, -0.05) is 6.07 Å². The Bertz CT molecular complexity index is 756. The third kappa shape index (κ3) is 3.71. The molecule has 1 heterocycles. The number of anilines is 1. The van der Waals surface area contributed by atoms with E-state index in [9.17, 15) is 18.4 Å². The highest BCUT2D eigenvalue weighted by atomic mass is 19.3. The SMILES string of the molecule is Cc1nn(CC(F)F)c(C)c1C(=O)Nc1cccc(C(=O)O)c1. The summed E-state index contributed by atoms with van der Waals surface area (Å²) in [4.78, 5) is 23.3. The maximum absolute atomic E-state index is 12.5. The first-order valence-electron chi connectivity index (χ1n) is 6.76. The zero-order chi connectivity index (χ0) is 17.1. The predicted molar refractivity (Wildman–Crippen MR) is 79.1 cm³/mol. The highest BCUT2D eigenvalue weighted by Crippen LogP contribution is 2.18. The molecule has 0 aliphatic rings. The normalized spacial score (nSPS) is 10.8. The number of nitrogens with zero attached hydrogens (tertiary/aromatic N) is 2. The van der Waals surface area contributed by atoms with E-state index in [2.05, 4.69) is 10.4 Å². The monoisotopic (exact) mass is 323 g/mol. The van der Waals surface area contributed by atoms with Crippen molar-refractivity contribution in [1.82, 2.24) is 9.78 Å². The number of benzene rings is 1. The molecule has 0 aliphatic carbocycles. The summed E-state index contributed by atoms with van der Waals surface area (Å²) in [6.07, 6.45) is -2.57. The molecule has 0 saturated carbocycles. The lowest BCUT2D eigenvalue weighted by Gasteiger charge is -2.07. The fraction of sp³-hybridized carbons (Fsp3) is 0.267. The van der Waals surface area contributed by atoms with Crippen molar-refractivity contribution in [3.63, 3.8) is 0 Å². The number of aromatic carboxylic acids is 1. The molecule has 122 valence electrons. The molecule has 0 aliphatic heterocycles. The number of carboxylic acid groups (broad SMARTS) is 1. The van der Waals surface area contributed by atoms with Crippen LogP contribution in [0.15, 0.2) is 24.3 Å². The fourth-order valence-corrected chi connectivity index (χ4v) is 2.26. The van der Waals surface area contributed by atoms with Gasteiger partial charge in [-0.25, -0.2) is 13.6 Å². The van der Waals surface area contributed by atoms with Crippen molar-refractivity contribution in [3.05, 3.63) is 46.8 Å². The van der Waals surface area contributed by atoms with Gasteiger partial charge in [0.25, 0.3) is 12.3 Å². The number of halogens is 2. The van der Waals surface area contributed by atoms with E-state index in [4.69, 9.17) is 5.11 Å². The number of hydrogen-bond donors (Lipinski definition) is 2. The Kier molecular flexibility index (Phi) is 4.73. The van der Waals surface area contributed by atoms with Gasteiger partial charge in [0.05, 0.1) is 16.8 Å². The van der Waals surface area contributed by atoms with Crippen molar-refractivity contribution in [1.29, 1.82) is 0 Å². The molecular weight excluding hydrogens is 308 g/mol. The second-order valence-corrected chi connectivity index (χ2v) is 4.96. The topological polar surface area (TPSA) is 84.2 Å².